The number of rotatable bonds is 4. The highest BCUT2D eigenvalue weighted by atomic mass is 127. The summed E-state index contributed by atoms with van der Waals surface area (Å²) in [6.45, 7) is 18.3. The molecule has 6 heteroatoms. The number of hydrogen-bond donors (Lipinski definition) is 1. The Bertz CT molecular complexity index is 515. The van der Waals surface area contributed by atoms with Gasteiger partial charge in [-0.15, -0.1) is 30.6 Å². The van der Waals surface area contributed by atoms with Crippen LogP contribution in [0, 0.1) is 0 Å². The molecular formula is C20H36BIN2O2. The second-order valence-corrected chi connectivity index (χ2v) is 6.51. The van der Waals surface area contributed by atoms with Crippen molar-refractivity contribution in [3.63, 3.8) is 0 Å². The van der Waals surface area contributed by atoms with Crippen molar-refractivity contribution in [1.29, 1.82) is 0 Å². The minimum atomic E-state index is -0.296. The van der Waals surface area contributed by atoms with Gasteiger partial charge in [0.1, 0.15) is 0 Å². The van der Waals surface area contributed by atoms with Crippen molar-refractivity contribution in [3.8, 4) is 0 Å². The lowest BCUT2D eigenvalue weighted by molar-refractivity contribution is 0.00578. The number of nitrogens with one attached hydrogen (secondary N) is 1. The standard InChI is InChI=1S/C15H23BN2O2.C3H6.C2H6.HI/c1-14(2)15(3,4)20-16(19-14)13-8-6-12(7-9-13)10-18-11-17-5;1-3-2;1-2;/h6-9,11H,10H2,1-5H3,(H,17,18);3H,1H2,2H3;1-2H3;1H. The molecule has 0 atom stereocenters. The summed E-state index contributed by atoms with van der Waals surface area (Å²) in [6, 6.07) is 8.28. The van der Waals surface area contributed by atoms with E-state index in [-0.39, 0.29) is 42.3 Å². The van der Waals surface area contributed by atoms with E-state index in [1.54, 1.807) is 19.5 Å². The van der Waals surface area contributed by atoms with Crippen LogP contribution in [0.4, 0.5) is 0 Å². The molecule has 0 amide bonds. The lowest BCUT2D eigenvalue weighted by Gasteiger charge is -2.32. The van der Waals surface area contributed by atoms with Gasteiger partial charge in [-0.25, -0.2) is 0 Å². The van der Waals surface area contributed by atoms with Gasteiger partial charge in [-0.1, -0.05) is 44.2 Å². The summed E-state index contributed by atoms with van der Waals surface area (Å²) in [4.78, 5) is 3.89. The van der Waals surface area contributed by atoms with Gasteiger partial charge in [-0.2, -0.15) is 0 Å². The van der Waals surface area contributed by atoms with E-state index in [1.807, 2.05) is 20.8 Å². The molecule has 4 nitrogen and oxygen atoms in total. The lowest BCUT2D eigenvalue weighted by atomic mass is 9.79. The molecule has 1 N–H and O–H groups in total. The van der Waals surface area contributed by atoms with Crippen molar-refractivity contribution in [2.24, 2.45) is 4.99 Å². The molecular weight excluding hydrogens is 438 g/mol. The van der Waals surface area contributed by atoms with Crippen molar-refractivity contribution in [2.45, 2.75) is 66.2 Å². The molecule has 26 heavy (non-hydrogen) atoms. The van der Waals surface area contributed by atoms with Crippen LogP contribution in [0.1, 0.15) is 54.0 Å². The molecule has 1 aliphatic rings. The van der Waals surface area contributed by atoms with Gasteiger partial charge < -0.3 is 14.6 Å². The number of halogens is 1. The van der Waals surface area contributed by atoms with Crippen LogP contribution in [0.3, 0.4) is 0 Å². The fourth-order valence-corrected chi connectivity index (χ4v) is 2.03. The predicted octanol–water partition coefficient (Wildman–Crippen LogP) is 4.57. The van der Waals surface area contributed by atoms with Crippen LogP contribution in [0.15, 0.2) is 41.9 Å². The van der Waals surface area contributed by atoms with Gasteiger partial charge in [0, 0.05) is 13.6 Å². The zero-order chi connectivity index (χ0) is 19.5. The average Bonchev–Trinajstić information content (AvgIpc) is 2.79. The Kier molecular flexibility index (Phi) is 14.0. The number of nitrogens with zero attached hydrogens (tertiary/aromatic N) is 1. The maximum atomic E-state index is 6.03. The molecule has 2 rings (SSSR count). The maximum Gasteiger partial charge on any atom is 0.494 e. The van der Waals surface area contributed by atoms with E-state index in [4.69, 9.17) is 9.31 Å². The monoisotopic (exact) mass is 474 g/mol. The number of aliphatic imine (C=N–C) groups is 1. The molecule has 0 unspecified atom stereocenters. The van der Waals surface area contributed by atoms with Gasteiger partial charge in [0.2, 0.25) is 0 Å². The summed E-state index contributed by atoms with van der Waals surface area (Å²) in [6.07, 6.45) is 3.45. The molecule has 0 radical (unpaired) electrons. The Morgan fingerprint density at radius 1 is 1.08 bits per heavy atom. The largest absolute Gasteiger partial charge is 0.494 e. The molecule has 1 aromatic carbocycles. The maximum absolute atomic E-state index is 6.03. The minimum absolute atomic E-state index is 0. The first-order valence-electron chi connectivity index (χ1n) is 8.93. The Hall–Kier alpha value is -0.855. The van der Waals surface area contributed by atoms with E-state index in [0.717, 1.165) is 12.0 Å². The molecule has 0 bridgehead atoms. The van der Waals surface area contributed by atoms with Gasteiger partial charge >= 0.3 is 7.12 Å². The van der Waals surface area contributed by atoms with Crippen LogP contribution in [0.25, 0.3) is 0 Å². The molecule has 0 saturated carbocycles. The summed E-state index contributed by atoms with van der Waals surface area (Å²) in [7, 11) is 1.45. The van der Waals surface area contributed by atoms with Gasteiger partial charge in [0.25, 0.3) is 0 Å². The minimum Gasteiger partial charge on any atom is -0.399 e. The first kappa shape index (κ1) is 27.4. The normalized spacial score (nSPS) is 16.5. The van der Waals surface area contributed by atoms with E-state index in [0.29, 0.717) is 0 Å². The van der Waals surface area contributed by atoms with E-state index in [9.17, 15) is 0 Å². The van der Waals surface area contributed by atoms with Crippen LogP contribution in [-0.4, -0.2) is 31.7 Å². The lowest BCUT2D eigenvalue weighted by Crippen LogP contribution is -2.41. The van der Waals surface area contributed by atoms with Crippen LogP contribution in [-0.2, 0) is 15.9 Å². The highest BCUT2D eigenvalue weighted by Crippen LogP contribution is 2.36. The Balaban J connectivity index is 0. The second-order valence-electron chi connectivity index (χ2n) is 6.51. The van der Waals surface area contributed by atoms with E-state index in [2.05, 4.69) is 68.8 Å². The fourth-order valence-electron chi connectivity index (χ4n) is 2.03. The highest BCUT2D eigenvalue weighted by Gasteiger charge is 2.51. The highest BCUT2D eigenvalue weighted by molar-refractivity contribution is 14.0. The summed E-state index contributed by atoms with van der Waals surface area (Å²) in [5.41, 5.74) is 1.66. The Morgan fingerprint density at radius 2 is 1.50 bits per heavy atom. The third-order valence-electron chi connectivity index (χ3n) is 4.03. The van der Waals surface area contributed by atoms with Crippen molar-refractivity contribution in [1.82, 2.24) is 5.32 Å². The molecule has 1 fully saturated rings. The van der Waals surface area contributed by atoms with Crippen molar-refractivity contribution < 1.29 is 9.31 Å². The molecule has 1 heterocycles. The molecule has 0 aromatic heterocycles. The Morgan fingerprint density at radius 3 is 1.88 bits per heavy atom. The summed E-state index contributed by atoms with van der Waals surface area (Å²) in [5.74, 6) is 0. The molecule has 1 aliphatic heterocycles. The molecule has 1 saturated heterocycles. The summed E-state index contributed by atoms with van der Waals surface area (Å²) < 4.78 is 12.1. The van der Waals surface area contributed by atoms with Crippen LogP contribution in [0.5, 0.6) is 0 Å². The smallest absolute Gasteiger partial charge is 0.399 e. The van der Waals surface area contributed by atoms with Crippen LogP contribution in [0.2, 0.25) is 0 Å². The van der Waals surface area contributed by atoms with Crippen molar-refractivity contribution in [3.05, 3.63) is 42.5 Å². The summed E-state index contributed by atoms with van der Waals surface area (Å²) in [5, 5.41) is 3.11. The number of benzene rings is 1. The zero-order valence-corrected chi connectivity index (χ0v) is 20.0. The first-order valence-corrected chi connectivity index (χ1v) is 8.93. The Labute approximate surface area is 178 Å². The van der Waals surface area contributed by atoms with Gasteiger partial charge in [-0.3, -0.25) is 4.99 Å². The van der Waals surface area contributed by atoms with Gasteiger partial charge in [0.05, 0.1) is 17.5 Å². The van der Waals surface area contributed by atoms with Gasteiger partial charge in [-0.05, 0) is 45.6 Å². The summed E-state index contributed by atoms with van der Waals surface area (Å²) >= 11 is 0. The van der Waals surface area contributed by atoms with E-state index in [1.165, 1.54) is 5.56 Å². The van der Waals surface area contributed by atoms with E-state index < -0.39 is 0 Å². The van der Waals surface area contributed by atoms with Crippen molar-refractivity contribution >= 4 is 42.9 Å². The van der Waals surface area contributed by atoms with Crippen molar-refractivity contribution in [2.75, 3.05) is 7.05 Å². The first-order chi connectivity index (χ1) is 11.8. The van der Waals surface area contributed by atoms with Gasteiger partial charge in [0.15, 0.2) is 0 Å². The number of allylic oxidation sites excluding steroid dienone is 1. The SMILES string of the molecule is C=CC.CC.CN=CNCc1ccc(B2OC(C)(C)C(C)(C)O2)cc1.I. The predicted molar refractivity (Wildman–Crippen MR) is 126 cm³/mol. The third-order valence-corrected chi connectivity index (χ3v) is 4.03. The topological polar surface area (TPSA) is 42.9 Å². The van der Waals surface area contributed by atoms with Crippen LogP contribution >= 0.6 is 24.0 Å². The molecule has 0 spiro atoms. The van der Waals surface area contributed by atoms with E-state index >= 15 is 0 Å². The molecule has 1 aromatic rings. The fraction of sp³-hybridized carbons (Fsp3) is 0.550. The van der Waals surface area contributed by atoms with Crippen LogP contribution < -0.4 is 10.8 Å². The third kappa shape index (κ3) is 8.23. The number of hydrogen-bond acceptors (Lipinski definition) is 3. The average molecular weight is 474 g/mol. The quantitative estimate of drug-likeness (QED) is 0.229. The second kappa shape index (κ2) is 13.3. The zero-order valence-electron chi connectivity index (χ0n) is 17.6. The molecule has 148 valence electrons. The molecule has 0 aliphatic carbocycles.